The molecular weight excluding hydrogens is 356 g/mol. The molecule has 1 aromatic heterocycles. The molecule has 1 aliphatic heterocycles. The highest BCUT2D eigenvalue weighted by atomic mass is 79.9. The predicted molar refractivity (Wildman–Crippen MR) is 83.4 cm³/mol. The van der Waals surface area contributed by atoms with Crippen LogP contribution < -0.4 is 5.32 Å². The zero-order valence-corrected chi connectivity index (χ0v) is 13.8. The minimum absolute atomic E-state index is 0.165. The zero-order valence-electron chi connectivity index (χ0n) is 11.4. The smallest absolute Gasteiger partial charge is 0.253 e. The van der Waals surface area contributed by atoms with E-state index in [4.69, 9.17) is 11.6 Å². The Morgan fingerprint density at radius 2 is 2.29 bits per heavy atom. The lowest BCUT2D eigenvalue weighted by atomic mass is 10.2. The molecule has 0 aliphatic carbocycles. The fourth-order valence-corrected chi connectivity index (χ4v) is 3.37. The van der Waals surface area contributed by atoms with Crippen molar-refractivity contribution in [2.24, 2.45) is 0 Å². The molecular formula is C14H14BrClN4O. The number of nitrogens with zero attached hydrogens (tertiary/aromatic N) is 3. The lowest BCUT2D eigenvalue weighted by Crippen LogP contribution is -2.29. The molecule has 5 nitrogen and oxygen atoms in total. The molecule has 1 aliphatic rings. The number of carbonyl (C=O) groups is 1. The van der Waals surface area contributed by atoms with E-state index in [1.54, 1.807) is 18.2 Å². The summed E-state index contributed by atoms with van der Waals surface area (Å²) in [7, 11) is 0. The highest BCUT2D eigenvalue weighted by Crippen LogP contribution is 2.23. The SMILES string of the molecule is CC(NC(=O)c1ccc(Cl)cc1Br)c1nnc2n1CCC2. The molecule has 7 heteroatoms. The van der Waals surface area contributed by atoms with Gasteiger partial charge >= 0.3 is 0 Å². The van der Waals surface area contributed by atoms with Crippen LogP contribution in [0.25, 0.3) is 0 Å². The van der Waals surface area contributed by atoms with Crippen LogP contribution >= 0.6 is 27.5 Å². The number of nitrogens with one attached hydrogen (secondary N) is 1. The molecule has 1 unspecified atom stereocenters. The summed E-state index contributed by atoms with van der Waals surface area (Å²) in [4.78, 5) is 12.3. The number of aromatic nitrogens is 3. The number of benzene rings is 1. The number of carbonyl (C=O) groups excluding carboxylic acids is 1. The van der Waals surface area contributed by atoms with Crippen LogP contribution in [0.15, 0.2) is 22.7 Å². The average Bonchev–Trinajstić information content (AvgIpc) is 3.00. The molecule has 110 valence electrons. The van der Waals surface area contributed by atoms with Gasteiger partial charge in [0.1, 0.15) is 5.82 Å². The first-order valence-corrected chi connectivity index (χ1v) is 7.91. The summed E-state index contributed by atoms with van der Waals surface area (Å²) in [6.45, 7) is 2.83. The molecule has 0 radical (unpaired) electrons. The van der Waals surface area contributed by atoms with E-state index in [1.165, 1.54) is 0 Å². The number of amides is 1. The summed E-state index contributed by atoms with van der Waals surface area (Å²) in [5.41, 5.74) is 0.549. The second-order valence-corrected chi connectivity index (χ2v) is 6.34. The van der Waals surface area contributed by atoms with Crippen LogP contribution in [-0.4, -0.2) is 20.7 Å². The van der Waals surface area contributed by atoms with Gasteiger partial charge in [0.05, 0.1) is 11.6 Å². The molecule has 0 fully saturated rings. The van der Waals surface area contributed by atoms with E-state index in [2.05, 4.69) is 36.0 Å². The lowest BCUT2D eigenvalue weighted by Gasteiger charge is -2.14. The first-order chi connectivity index (χ1) is 10.1. The Morgan fingerprint density at radius 1 is 1.48 bits per heavy atom. The highest BCUT2D eigenvalue weighted by Gasteiger charge is 2.23. The minimum Gasteiger partial charge on any atom is -0.342 e. The van der Waals surface area contributed by atoms with Crippen molar-refractivity contribution in [1.82, 2.24) is 20.1 Å². The van der Waals surface area contributed by atoms with Gasteiger partial charge in [-0.1, -0.05) is 11.6 Å². The number of rotatable bonds is 3. The second kappa shape index (κ2) is 5.77. The van der Waals surface area contributed by atoms with Gasteiger partial charge < -0.3 is 9.88 Å². The maximum Gasteiger partial charge on any atom is 0.253 e. The van der Waals surface area contributed by atoms with Crippen molar-refractivity contribution in [1.29, 1.82) is 0 Å². The normalized spacial score (nSPS) is 14.8. The fourth-order valence-electron chi connectivity index (χ4n) is 2.51. The van der Waals surface area contributed by atoms with Crippen molar-refractivity contribution in [3.05, 3.63) is 44.9 Å². The van der Waals surface area contributed by atoms with Crippen molar-refractivity contribution < 1.29 is 4.79 Å². The van der Waals surface area contributed by atoms with Crippen molar-refractivity contribution in [3.8, 4) is 0 Å². The van der Waals surface area contributed by atoms with Crippen LogP contribution in [0.5, 0.6) is 0 Å². The first-order valence-electron chi connectivity index (χ1n) is 6.74. The van der Waals surface area contributed by atoms with Crippen LogP contribution in [0.2, 0.25) is 5.02 Å². The third-order valence-electron chi connectivity index (χ3n) is 3.55. The van der Waals surface area contributed by atoms with Crippen LogP contribution in [0.4, 0.5) is 0 Å². The molecule has 1 N–H and O–H groups in total. The third-order valence-corrected chi connectivity index (χ3v) is 4.44. The maximum atomic E-state index is 12.3. The Hall–Kier alpha value is -1.40. The molecule has 3 rings (SSSR count). The molecule has 21 heavy (non-hydrogen) atoms. The molecule has 0 spiro atoms. The molecule has 1 aromatic carbocycles. The van der Waals surface area contributed by atoms with Gasteiger partial charge in [-0.15, -0.1) is 10.2 Å². The van der Waals surface area contributed by atoms with E-state index in [9.17, 15) is 4.79 Å². The van der Waals surface area contributed by atoms with Crippen molar-refractivity contribution in [2.45, 2.75) is 32.4 Å². The van der Waals surface area contributed by atoms with Crippen LogP contribution in [0, 0.1) is 0 Å². The van der Waals surface area contributed by atoms with E-state index in [1.807, 2.05) is 6.92 Å². The van der Waals surface area contributed by atoms with Gasteiger partial charge in [-0.3, -0.25) is 4.79 Å². The van der Waals surface area contributed by atoms with E-state index in [0.29, 0.717) is 15.1 Å². The Bertz CT molecular complexity index is 700. The zero-order chi connectivity index (χ0) is 15.0. The molecule has 1 amide bonds. The van der Waals surface area contributed by atoms with Gasteiger partial charge in [0.2, 0.25) is 0 Å². The summed E-state index contributed by atoms with van der Waals surface area (Å²) in [5.74, 6) is 1.64. The van der Waals surface area contributed by atoms with E-state index in [-0.39, 0.29) is 11.9 Å². The van der Waals surface area contributed by atoms with Crippen molar-refractivity contribution >= 4 is 33.4 Å². The van der Waals surface area contributed by atoms with Gasteiger partial charge in [-0.25, -0.2) is 0 Å². The third kappa shape index (κ3) is 2.82. The fraction of sp³-hybridized carbons (Fsp3) is 0.357. The van der Waals surface area contributed by atoms with Gasteiger partial charge in [-0.2, -0.15) is 0 Å². The monoisotopic (exact) mass is 368 g/mol. The Balaban J connectivity index is 1.77. The highest BCUT2D eigenvalue weighted by molar-refractivity contribution is 9.10. The van der Waals surface area contributed by atoms with Gasteiger partial charge in [-0.05, 0) is 47.5 Å². The Kier molecular flexibility index (Phi) is 3.99. The number of fused-ring (bicyclic) bond motifs is 1. The first kappa shape index (κ1) is 14.5. The number of hydrogen-bond donors (Lipinski definition) is 1. The Morgan fingerprint density at radius 3 is 3.05 bits per heavy atom. The van der Waals surface area contributed by atoms with Crippen molar-refractivity contribution in [2.75, 3.05) is 0 Å². The molecule has 1 atom stereocenters. The largest absolute Gasteiger partial charge is 0.342 e. The molecule has 0 bridgehead atoms. The van der Waals surface area contributed by atoms with Gasteiger partial charge in [0.15, 0.2) is 5.82 Å². The van der Waals surface area contributed by atoms with Crippen LogP contribution in [-0.2, 0) is 13.0 Å². The number of hydrogen-bond acceptors (Lipinski definition) is 3. The number of aryl methyl sites for hydroxylation is 1. The average molecular weight is 370 g/mol. The lowest BCUT2D eigenvalue weighted by molar-refractivity contribution is 0.0937. The van der Waals surface area contributed by atoms with E-state index < -0.39 is 0 Å². The van der Waals surface area contributed by atoms with Gasteiger partial charge in [0, 0.05) is 22.5 Å². The summed E-state index contributed by atoms with van der Waals surface area (Å²) in [6, 6.07) is 4.90. The van der Waals surface area contributed by atoms with Gasteiger partial charge in [0.25, 0.3) is 5.91 Å². The molecule has 2 heterocycles. The summed E-state index contributed by atoms with van der Waals surface area (Å²) >= 11 is 9.25. The summed E-state index contributed by atoms with van der Waals surface area (Å²) in [5, 5.41) is 11.9. The standard InChI is InChI=1S/C14H14BrClN4O/c1-8(13-19-18-12-3-2-6-20(12)13)17-14(21)10-5-4-9(16)7-11(10)15/h4-5,7-8H,2-3,6H2,1H3,(H,17,21). The van der Waals surface area contributed by atoms with E-state index >= 15 is 0 Å². The summed E-state index contributed by atoms with van der Waals surface area (Å²) < 4.78 is 2.76. The van der Waals surface area contributed by atoms with Crippen LogP contribution in [0.1, 0.15) is 41.4 Å². The quantitative estimate of drug-likeness (QED) is 0.904. The molecule has 0 saturated carbocycles. The minimum atomic E-state index is -0.195. The second-order valence-electron chi connectivity index (χ2n) is 5.05. The maximum absolute atomic E-state index is 12.3. The molecule has 0 saturated heterocycles. The van der Waals surface area contributed by atoms with Crippen LogP contribution in [0.3, 0.4) is 0 Å². The topological polar surface area (TPSA) is 59.8 Å². The molecule has 2 aromatic rings. The van der Waals surface area contributed by atoms with E-state index in [0.717, 1.165) is 31.0 Å². The predicted octanol–water partition coefficient (Wildman–Crippen LogP) is 3.13. The number of halogens is 2. The summed E-state index contributed by atoms with van der Waals surface area (Å²) in [6.07, 6.45) is 2.04. The Labute approximate surface area is 135 Å². The van der Waals surface area contributed by atoms with Crippen molar-refractivity contribution in [3.63, 3.8) is 0 Å².